The van der Waals surface area contributed by atoms with Crippen LogP contribution < -0.4 is 5.32 Å². The van der Waals surface area contributed by atoms with E-state index in [0.29, 0.717) is 6.67 Å². The number of nitrogens with one attached hydrogen (secondary N) is 1. The number of hydrogen-bond acceptors (Lipinski definition) is 2. The molecule has 1 rings (SSSR count). The largest absolute Gasteiger partial charge is 0.333 e. The minimum Gasteiger partial charge on any atom is -0.333 e. The zero-order valence-electron chi connectivity index (χ0n) is 8.17. The molecular weight excluding hydrogens is 293 g/mol. The Labute approximate surface area is 96.5 Å². The minimum absolute atomic E-state index is 0.187. The number of hydrogen-bond donors (Lipinski definition) is 1. The average molecular weight is 305 g/mol. The molecule has 0 spiro atoms. The van der Waals surface area contributed by atoms with Gasteiger partial charge in [0.1, 0.15) is 6.67 Å². The Balaban J connectivity index is 2.72. The Morgan fingerprint density at radius 1 is 1.71 bits per heavy atom. The number of rotatable bonds is 3. The number of amides is 1. The molecule has 1 aromatic rings. The molecule has 0 bridgehead atoms. The SMILES string of the molecule is C=CC(=O)NCn1nc(C)c(I)c1C. The van der Waals surface area contributed by atoms with E-state index in [2.05, 4.69) is 39.6 Å². The van der Waals surface area contributed by atoms with Crippen LogP contribution in [-0.2, 0) is 11.5 Å². The molecule has 1 amide bonds. The quantitative estimate of drug-likeness (QED) is 0.677. The van der Waals surface area contributed by atoms with Crippen molar-refractivity contribution in [1.82, 2.24) is 15.1 Å². The van der Waals surface area contributed by atoms with Crippen molar-refractivity contribution in [2.75, 3.05) is 0 Å². The maximum atomic E-state index is 10.9. The molecule has 0 aliphatic rings. The smallest absolute Gasteiger partial charge is 0.244 e. The normalized spacial score (nSPS) is 9.93. The van der Waals surface area contributed by atoms with Gasteiger partial charge < -0.3 is 5.32 Å². The average Bonchev–Trinajstić information content (AvgIpc) is 2.42. The van der Waals surface area contributed by atoms with Gasteiger partial charge in [0, 0.05) is 0 Å². The number of aromatic nitrogens is 2. The number of carbonyl (C=O) groups is 1. The number of aryl methyl sites for hydroxylation is 1. The van der Waals surface area contributed by atoms with Crippen molar-refractivity contribution in [3.05, 3.63) is 27.6 Å². The van der Waals surface area contributed by atoms with Gasteiger partial charge in [-0.25, -0.2) is 4.68 Å². The fraction of sp³-hybridized carbons (Fsp3) is 0.333. The van der Waals surface area contributed by atoms with Crippen LogP contribution in [0.3, 0.4) is 0 Å². The Morgan fingerprint density at radius 3 is 2.79 bits per heavy atom. The zero-order valence-corrected chi connectivity index (χ0v) is 10.3. The van der Waals surface area contributed by atoms with Gasteiger partial charge >= 0.3 is 0 Å². The van der Waals surface area contributed by atoms with Crippen LogP contribution in [0.25, 0.3) is 0 Å². The van der Waals surface area contributed by atoms with E-state index in [-0.39, 0.29) is 5.91 Å². The first kappa shape index (κ1) is 11.2. The molecule has 0 aliphatic heterocycles. The van der Waals surface area contributed by atoms with E-state index in [1.807, 2.05) is 13.8 Å². The summed E-state index contributed by atoms with van der Waals surface area (Å²) in [7, 11) is 0. The molecule has 1 N–H and O–H groups in total. The summed E-state index contributed by atoms with van der Waals surface area (Å²) in [6.07, 6.45) is 1.25. The van der Waals surface area contributed by atoms with Gasteiger partial charge in [0.25, 0.3) is 0 Å². The number of halogens is 1. The molecule has 0 unspecified atom stereocenters. The highest BCUT2D eigenvalue weighted by molar-refractivity contribution is 14.1. The fourth-order valence-corrected chi connectivity index (χ4v) is 1.44. The highest BCUT2D eigenvalue weighted by atomic mass is 127. The van der Waals surface area contributed by atoms with E-state index in [0.717, 1.165) is 15.0 Å². The molecule has 0 saturated heterocycles. The van der Waals surface area contributed by atoms with Crippen molar-refractivity contribution in [1.29, 1.82) is 0 Å². The summed E-state index contributed by atoms with van der Waals surface area (Å²) in [6, 6.07) is 0. The standard InChI is InChI=1S/C9H12IN3O/c1-4-8(14)11-5-13-7(3)9(10)6(2)12-13/h4H,1,5H2,2-3H3,(H,11,14). The maximum absolute atomic E-state index is 10.9. The predicted octanol–water partition coefficient (Wildman–Crippen LogP) is 1.36. The van der Waals surface area contributed by atoms with Crippen molar-refractivity contribution in [3.63, 3.8) is 0 Å². The summed E-state index contributed by atoms with van der Waals surface area (Å²) < 4.78 is 2.90. The molecule has 1 heterocycles. The molecule has 0 aromatic carbocycles. The summed E-state index contributed by atoms with van der Waals surface area (Å²) in [4.78, 5) is 10.9. The van der Waals surface area contributed by atoms with Gasteiger partial charge in [-0.1, -0.05) is 6.58 Å². The number of nitrogens with zero attached hydrogens (tertiary/aromatic N) is 2. The molecule has 76 valence electrons. The van der Waals surface area contributed by atoms with E-state index in [1.165, 1.54) is 6.08 Å². The summed E-state index contributed by atoms with van der Waals surface area (Å²) in [5.74, 6) is -0.187. The third-order valence-electron chi connectivity index (χ3n) is 1.88. The molecule has 0 atom stereocenters. The summed E-state index contributed by atoms with van der Waals surface area (Å²) in [6.45, 7) is 7.68. The van der Waals surface area contributed by atoms with Crippen LogP contribution in [0.4, 0.5) is 0 Å². The van der Waals surface area contributed by atoms with Crippen LogP contribution >= 0.6 is 22.6 Å². The third kappa shape index (κ3) is 2.34. The van der Waals surface area contributed by atoms with Gasteiger partial charge in [-0.05, 0) is 42.5 Å². The molecule has 0 radical (unpaired) electrons. The Bertz CT molecular complexity index is 370. The van der Waals surface area contributed by atoms with Gasteiger partial charge in [0.05, 0.1) is 15.0 Å². The molecular formula is C9H12IN3O. The predicted molar refractivity (Wildman–Crippen MR) is 62.8 cm³/mol. The van der Waals surface area contributed by atoms with Crippen molar-refractivity contribution in [2.24, 2.45) is 0 Å². The summed E-state index contributed by atoms with van der Waals surface area (Å²) in [5, 5.41) is 6.95. The summed E-state index contributed by atoms with van der Waals surface area (Å²) in [5.41, 5.74) is 2.04. The Hall–Kier alpha value is -0.850. The first-order valence-corrected chi connectivity index (χ1v) is 5.24. The topological polar surface area (TPSA) is 46.9 Å². The van der Waals surface area contributed by atoms with Gasteiger partial charge in [0.15, 0.2) is 0 Å². The lowest BCUT2D eigenvalue weighted by Crippen LogP contribution is -2.25. The highest BCUT2D eigenvalue weighted by Gasteiger charge is 2.07. The zero-order chi connectivity index (χ0) is 10.7. The van der Waals surface area contributed by atoms with E-state index in [9.17, 15) is 4.79 Å². The molecule has 1 aromatic heterocycles. The Kier molecular flexibility index (Phi) is 3.68. The van der Waals surface area contributed by atoms with E-state index in [4.69, 9.17) is 0 Å². The van der Waals surface area contributed by atoms with Crippen molar-refractivity contribution in [3.8, 4) is 0 Å². The van der Waals surface area contributed by atoms with Gasteiger partial charge in [-0.15, -0.1) is 0 Å². The molecule has 5 heteroatoms. The second-order valence-corrected chi connectivity index (χ2v) is 3.97. The lowest BCUT2D eigenvalue weighted by Gasteiger charge is -2.04. The van der Waals surface area contributed by atoms with Gasteiger partial charge in [-0.2, -0.15) is 5.10 Å². The van der Waals surface area contributed by atoms with Crippen LogP contribution in [-0.4, -0.2) is 15.7 Å². The molecule has 14 heavy (non-hydrogen) atoms. The molecule has 4 nitrogen and oxygen atoms in total. The van der Waals surface area contributed by atoms with E-state index in [1.54, 1.807) is 4.68 Å². The van der Waals surface area contributed by atoms with Crippen LogP contribution in [0.1, 0.15) is 11.4 Å². The van der Waals surface area contributed by atoms with E-state index >= 15 is 0 Å². The third-order valence-corrected chi connectivity index (χ3v) is 3.44. The maximum Gasteiger partial charge on any atom is 0.244 e. The summed E-state index contributed by atoms with van der Waals surface area (Å²) >= 11 is 2.24. The lowest BCUT2D eigenvalue weighted by atomic mass is 10.4. The van der Waals surface area contributed by atoms with Crippen molar-refractivity contribution < 1.29 is 4.79 Å². The molecule has 0 saturated carbocycles. The minimum atomic E-state index is -0.187. The van der Waals surface area contributed by atoms with Gasteiger partial charge in [-0.3, -0.25) is 4.79 Å². The lowest BCUT2D eigenvalue weighted by molar-refractivity contribution is -0.117. The van der Waals surface area contributed by atoms with Crippen molar-refractivity contribution in [2.45, 2.75) is 20.5 Å². The first-order chi connectivity index (χ1) is 6.56. The highest BCUT2D eigenvalue weighted by Crippen LogP contribution is 2.14. The van der Waals surface area contributed by atoms with Crippen LogP contribution in [0, 0.1) is 17.4 Å². The first-order valence-electron chi connectivity index (χ1n) is 4.16. The molecule has 0 aliphatic carbocycles. The second-order valence-electron chi connectivity index (χ2n) is 2.89. The van der Waals surface area contributed by atoms with Crippen LogP contribution in [0.15, 0.2) is 12.7 Å². The van der Waals surface area contributed by atoms with Crippen LogP contribution in [0.2, 0.25) is 0 Å². The van der Waals surface area contributed by atoms with Crippen LogP contribution in [0.5, 0.6) is 0 Å². The second kappa shape index (κ2) is 4.59. The molecule has 0 fully saturated rings. The van der Waals surface area contributed by atoms with Crippen molar-refractivity contribution >= 4 is 28.5 Å². The number of carbonyl (C=O) groups excluding carboxylic acids is 1. The fourth-order valence-electron chi connectivity index (χ4n) is 1.05. The Morgan fingerprint density at radius 2 is 2.36 bits per heavy atom. The monoisotopic (exact) mass is 305 g/mol. The van der Waals surface area contributed by atoms with E-state index < -0.39 is 0 Å². The van der Waals surface area contributed by atoms with Gasteiger partial charge in [0.2, 0.25) is 5.91 Å².